The number of benzene rings is 1. The normalized spacial score (nSPS) is 21.5. The Bertz CT molecular complexity index is 538. The molecule has 3 heteroatoms. The van der Waals surface area contributed by atoms with Crippen molar-refractivity contribution in [1.82, 2.24) is 10.2 Å². The fourth-order valence-corrected chi connectivity index (χ4v) is 3.39. The van der Waals surface area contributed by atoms with Crippen LogP contribution in [0.4, 0.5) is 0 Å². The maximum atomic E-state index is 11.7. The molecule has 0 bridgehead atoms. The van der Waals surface area contributed by atoms with E-state index in [1.165, 1.54) is 30.4 Å². The van der Waals surface area contributed by atoms with Crippen molar-refractivity contribution in [3.8, 4) is 0 Å². The third-order valence-electron chi connectivity index (χ3n) is 4.68. The summed E-state index contributed by atoms with van der Waals surface area (Å²) in [7, 11) is 0. The van der Waals surface area contributed by atoms with Crippen molar-refractivity contribution in [3.63, 3.8) is 0 Å². The highest BCUT2D eigenvalue weighted by atomic mass is 16.2. The number of nitrogens with zero attached hydrogens (tertiary/aromatic N) is 1. The summed E-state index contributed by atoms with van der Waals surface area (Å²) in [5, 5.41) is 3.59. The fraction of sp³-hybridized carbons (Fsp3) is 0.526. The van der Waals surface area contributed by atoms with Gasteiger partial charge in [-0.1, -0.05) is 36.4 Å². The van der Waals surface area contributed by atoms with E-state index in [-0.39, 0.29) is 0 Å². The van der Waals surface area contributed by atoms with E-state index in [9.17, 15) is 4.79 Å². The topological polar surface area (TPSA) is 32.3 Å². The molecular weight excluding hydrogens is 272 g/mol. The lowest BCUT2D eigenvalue weighted by molar-refractivity contribution is -0.128. The highest BCUT2D eigenvalue weighted by Crippen LogP contribution is 2.18. The monoisotopic (exact) mass is 298 g/mol. The lowest BCUT2D eigenvalue weighted by Gasteiger charge is -2.19. The van der Waals surface area contributed by atoms with Gasteiger partial charge in [0.2, 0.25) is 5.91 Å². The van der Waals surface area contributed by atoms with Crippen LogP contribution in [0.3, 0.4) is 0 Å². The van der Waals surface area contributed by atoms with Gasteiger partial charge in [-0.2, -0.15) is 0 Å². The molecule has 3 rings (SSSR count). The fourth-order valence-electron chi connectivity index (χ4n) is 3.39. The molecule has 2 aliphatic rings. The molecule has 22 heavy (non-hydrogen) atoms. The molecule has 0 spiro atoms. The Kier molecular flexibility index (Phi) is 5.28. The van der Waals surface area contributed by atoms with Crippen LogP contribution < -0.4 is 5.32 Å². The number of allylic oxidation sites excluding steroid dienone is 2. The lowest BCUT2D eigenvalue weighted by Crippen LogP contribution is -2.24. The van der Waals surface area contributed by atoms with Gasteiger partial charge in [-0.25, -0.2) is 0 Å². The maximum Gasteiger partial charge on any atom is 0.222 e. The molecule has 1 saturated heterocycles. The number of amides is 1. The van der Waals surface area contributed by atoms with Gasteiger partial charge in [0.05, 0.1) is 0 Å². The maximum absolute atomic E-state index is 11.7. The Hall–Kier alpha value is -1.61. The molecule has 1 aliphatic heterocycles. The van der Waals surface area contributed by atoms with Crippen molar-refractivity contribution in [2.24, 2.45) is 5.92 Å². The van der Waals surface area contributed by atoms with Crippen molar-refractivity contribution in [2.75, 3.05) is 13.1 Å². The van der Waals surface area contributed by atoms with Crippen molar-refractivity contribution < 1.29 is 4.79 Å². The summed E-state index contributed by atoms with van der Waals surface area (Å²) in [6.07, 6.45) is 10.1. The first-order valence-electron chi connectivity index (χ1n) is 8.52. The van der Waals surface area contributed by atoms with Gasteiger partial charge in [0.25, 0.3) is 0 Å². The number of hydrogen-bond donors (Lipinski definition) is 1. The van der Waals surface area contributed by atoms with Gasteiger partial charge in [-0.15, -0.1) is 0 Å². The van der Waals surface area contributed by atoms with Crippen LogP contribution in [0.5, 0.6) is 0 Å². The molecule has 1 atom stereocenters. The van der Waals surface area contributed by atoms with E-state index in [1.807, 2.05) is 4.90 Å². The lowest BCUT2D eigenvalue weighted by atomic mass is 9.94. The summed E-state index contributed by atoms with van der Waals surface area (Å²) in [5.74, 6) is 1.09. The van der Waals surface area contributed by atoms with Crippen LogP contribution >= 0.6 is 0 Å². The second-order valence-electron chi connectivity index (χ2n) is 6.52. The summed E-state index contributed by atoms with van der Waals surface area (Å²) in [5.41, 5.74) is 2.56. The van der Waals surface area contributed by atoms with Crippen molar-refractivity contribution in [3.05, 3.63) is 47.5 Å². The minimum Gasteiger partial charge on any atom is -0.338 e. The Labute approximate surface area is 133 Å². The van der Waals surface area contributed by atoms with Gasteiger partial charge in [0.1, 0.15) is 0 Å². The quantitative estimate of drug-likeness (QED) is 0.818. The molecule has 0 saturated carbocycles. The third kappa shape index (κ3) is 4.20. The molecule has 0 radical (unpaired) electrons. The van der Waals surface area contributed by atoms with Crippen molar-refractivity contribution in [1.29, 1.82) is 0 Å². The summed E-state index contributed by atoms with van der Waals surface area (Å²) < 4.78 is 0. The van der Waals surface area contributed by atoms with Gasteiger partial charge >= 0.3 is 0 Å². The van der Waals surface area contributed by atoms with E-state index in [1.54, 1.807) is 0 Å². The predicted molar refractivity (Wildman–Crippen MR) is 89.3 cm³/mol. The molecule has 1 aliphatic carbocycles. The zero-order valence-corrected chi connectivity index (χ0v) is 13.3. The Morgan fingerprint density at radius 2 is 2.14 bits per heavy atom. The number of nitrogens with one attached hydrogen (secondary N) is 1. The molecule has 3 nitrogen and oxygen atoms in total. The van der Waals surface area contributed by atoms with E-state index in [0.717, 1.165) is 44.9 Å². The highest BCUT2D eigenvalue weighted by molar-refractivity contribution is 5.78. The zero-order valence-electron chi connectivity index (χ0n) is 13.3. The Balaban J connectivity index is 1.48. The summed E-state index contributed by atoms with van der Waals surface area (Å²) in [6.45, 7) is 3.69. The molecule has 1 amide bonds. The summed E-state index contributed by atoms with van der Waals surface area (Å²) >= 11 is 0. The van der Waals surface area contributed by atoms with Crippen LogP contribution in [-0.4, -0.2) is 23.9 Å². The molecular formula is C19H26N2O. The molecule has 1 unspecified atom stereocenters. The first-order valence-corrected chi connectivity index (χ1v) is 8.52. The first kappa shape index (κ1) is 15.3. The van der Waals surface area contributed by atoms with Crippen LogP contribution in [0.15, 0.2) is 36.4 Å². The van der Waals surface area contributed by atoms with Crippen LogP contribution in [0, 0.1) is 5.92 Å². The average Bonchev–Trinajstić information content (AvgIpc) is 2.94. The van der Waals surface area contributed by atoms with Crippen LogP contribution in [-0.2, 0) is 17.9 Å². The first-order chi connectivity index (χ1) is 10.8. The second-order valence-corrected chi connectivity index (χ2v) is 6.52. The van der Waals surface area contributed by atoms with Gasteiger partial charge in [-0.3, -0.25) is 4.79 Å². The number of rotatable bonds is 6. The van der Waals surface area contributed by atoms with Crippen LogP contribution in [0.2, 0.25) is 0 Å². The summed E-state index contributed by atoms with van der Waals surface area (Å²) in [6, 6.07) is 8.64. The van der Waals surface area contributed by atoms with Crippen molar-refractivity contribution in [2.45, 2.75) is 45.2 Å². The molecule has 118 valence electrons. The largest absolute Gasteiger partial charge is 0.338 e. The second kappa shape index (κ2) is 7.59. The average molecular weight is 298 g/mol. The highest BCUT2D eigenvalue weighted by Gasteiger charge is 2.19. The van der Waals surface area contributed by atoms with E-state index in [2.05, 4.69) is 41.7 Å². The van der Waals surface area contributed by atoms with E-state index in [0.29, 0.717) is 5.91 Å². The van der Waals surface area contributed by atoms with E-state index >= 15 is 0 Å². The van der Waals surface area contributed by atoms with E-state index < -0.39 is 0 Å². The number of carbonyl (C=O) groups is 1. The molecule has 1 fully saturated rings. The zero-order chi connectivity index (χ0) is 15.2. The molecule has 1 heterocycles. The minimum atomic E-state index is 0.300. The predicted octanol–water partition coefficient (Wildman–Crippen LogP) is 3.25. The third-order valence-corrected chi connectivity index (χ3v) is 4.68. The smallest absolute Gasteiger partial charge is 0.222 e. The SMILES string of the molecule is O=C1CCCN1Cc1cccc(CNCC2CC=CCC2)c1. The molecule has 0 aromatic heterocycles. The van der Waals surface area contributed by atoms with Crippen LogP contribution in [0.1, 0.15) is 43.2 Å². The van der Waals surface area contributed by atoms with Gasteiger partial charge in [0, 0.05) is 26.1 Å². The molecule has 1 N–H and O–H groups in total. The standard InChI is InChI=1S/C19H26N2O/c22-19-10-5-11-21(19)15-18-9-4-8-17(12-18)14-20-13-16-6-2-1-3-7-16/h1-2,4,8-9,12,16,20H,3,5-7,10-11,13-15H2. The van der Waals surface area contributed by atoms with Gasteiger partial charge < -0.3 is 10.2 Å². The Morgan fingerprint density at radius 3 is 2.91 bits per heavy atom. The number of likely N-dealkylation sites (tertiary alicyclic amines) is 1. The molecule has 1 aromatic rings. The summed E-state index contributed by atoms with van der Waals surface area (Å²) in [4.78, 5) is 13.7. The number of carbonyl (C=O) groups excluding carboxylic acids is 1. The van der Waals surface area contributed by atoms with E-state index in [4.69, 9.17) is 0 Å². The minimum absolute atomic E-state index is 0.300. The number of hydrogen-bond acceptors (Lipinski definition) is 2. The van der Waals surface area contributed by atoms with Gasteiger partial charge in [-0.05, 0) is 49.3 Å². The molecule has 1 aromatic carbocycles. The Morgan fingerprint density at radius 1 is 1.23 bits per heavy atom. The van der Waals surface area contributed by atoms with Crippen LogP contribution in [0.25, 0.3) is 0 Å². The van der Waals surface area contributed by atoms with Gasteiger partial charge in [0.15, 0.2) is 0 Å². The van der Waals surface area contributed by atoms with Crippen molar-refractivity contribution >= 4 is 5.91 Å².